The molecular weight excluding hydrogens is 342 g/mol. The maximum atomic E-state index is 9.55. The molecule has 0 radical (unpaired) electrons. The second kappa shape index (κ2) is 8.46. The number of rotatable bonds is 6. The van der Waals surface area contributed by atoms with Gasteiger partial charge in [-0.05, 0) is 61.4 Å². The number of benzene rings is 1. The zero-order valence-electron chi connectivity index (χ0n) is 15.8. The van der Waals surface area contributed by atoms with Crippen molar-refractivity contribution in [1.29, 1.82) is 0 Å². The Labute approximate surface area is 160 Å². The number of furan rings is 1. The van der Waals surface area contributed by atoms with Gasteiger partial charge in [-0.2, -0.15) is 0 Å². The zero-order valence-corrected chi connectivity index (χ0v) is 15.8. The van der Waals surface area contributed by atoms with Crippen molar-refractivity contribution in [2.24, 2.45) is 5.92 Å². The SMILES string of the molecule is Oc1ccc(CN(Cc2ccco2)CC2CCOC3(CCOCC3)C2)cc1. The molecule has 27 heavy (non-hydrogen) atoms. The summed E-state index contributed by atoms with van der Waals surface area (Å²) in [6.45, 7) is 5.13. The summed E-state index contributed by atoms with van der Waals surface area (Å²) in [6.07, 6.45) is 5.98. The third-order valence-electron chi connectivity index (χ3n) is 5.82. The normalized spacial score (nSPS) is 22.3. The van der Waals surface area contributed by atoms with Crippen molar-refractivity contribution in [2.45, 2.75) is 44.4 Å². The molecule has 1 aromatic carbocycles. The predicted molar refractivity (Wildman–Crippen MR) is 102 cm³/mol. The molecular formula is C22H29NO4. The second-order valence-corrected chi connectivity index (χ2v) is 7.92. The van der Waals surface area contributed by atoms with Gasteiger partial charge in [0.05, 0.1) is 18.4 Å². The van der Waals surface area contributed by atoms with E-state index in [4.69, 9.17) is 13.9 Å². The lowest BCUT2D eigenvalue weighted by molar-refractivity contribution is -0.149. The molecule has 0 saturated carbocycles. The van der Waals surface area contributed by atoms with Crippen molar-refractivity contribution in [3.05, 3.63) is 54.0 Å². The number of phenolic OH excluding ortho intramolecular Hbond substituents is 1. The first kappa shape index (κ1) is 18.5. The van der Waals surface area contributed by atoms with Gasteiger partial charge in [-0.25, -0.2) is 0 Å². The van der Waals surface area contributed by atoms with Gasteiger partial charge in [0.15, 0.2) is 0 Å². The fourth-order valence-corrected chi connectivity index (χ4v) is 4.41. The van der Waals surface area contributed by atoms with Gasteiger partial charge in [-0.1, -0.05) is 12.1 Å². The Hall–Kier alpha value is -1.82. The molecule has 5 nitrogen and oxygen atoms in total. The van der Waals surface area contributed by atoms with Gasteiger partial charge in [0.1, 0.15) is 11.5 Å². The molecule has 4 rings (SSSR count). The Morgan fingerprint density at radius 2 is 1.85 bits per heavy atom. The van der Waals surface area contributed by atoms with Crippen LogP contribution in [0.15, 0.2) is 47.1 Å². The summed E-state index contributed by atoms with van der Waals surface area (Å²) in [5.74, 6) is 1.91. The van der Waals surface area contributed by atoms with Gasteiger partial charge in [-0.3, -0.25) is 4.90 Å². The lowest BCUT2D eigenvalue weighted by atomic mass is 9.80. The van der Waals surface area contributed by atoms with E-state index in [0.29, 0.717) is 11.7 Å². The topological polar surface area (TPSA) is 55.1 Å². The van der Waals surface area contributed by atoms with E-state index in [-0.39, 0.29) is 5.60 Å². The van der Waals surface area contributed by atoms with E-state index >= 15 is 0 Å². The van der Waals surface area contributed by atoms with Gasteiger partial charge in [-0.15, -0.1) is 0 Å². The molecule has 3 heterocycles. The molecule has 0 amide bonds. The monoisotopic (exact) mass is 371 g/mol. The summed E-state index contributed by atoms with van der Waals surface area (Å²) < 4.78 is 17.4. The first-order valence-corrected chi connectivity index (χ1v) is 9.95. The Kier molecular flexibility index (Phi) is 5.81. The van der Waals surface area contributed by atoms with Crippen LogP contribution in [-0.2, 0) is 22.6 Å². The van der Waals surface area contributed by atoms with Crippen LogP contribution in [-0.4, -0.2) is 42.0 Å². The molecule has 2 aromatic rings. The van der Waals surface area contributed by atoms with Crippen LogP contribution < -0.4 is 0 Å². The van der Waals surface area contributed by atoms with Crippen LogP contribution in [0.3, 0.4) is 0 Å². The fraction of sp³-hybridized carbons (Fsp3) is 0.545. The molecule has 1 spiro atoms. The Bertz CT molecular complexity index is 686. The average molecular weight is 371 g/mol. The lowest BCUT2D eigenvalue weighted by Gasteiger charge is -2.44. The highest BCUT2D eigenvalue weighted by atomic mass is 16.5. The van der Waals surface area contributed by atoms with Crippen LogP contribution in [0.5, 0.6) is 5.75 Å². The smallest absolute Gasteiger partial charge is 0.117 e. The van der Waals surface area contributed by atoms with Gasteiger partial charge in [0.25, 0.3) is 0 Å². The highest BCUT2D eigenvalue weighted by molar-refractivity contribution is 5.25. The Morgan fingerprint density at radius 3 is 2.59 bits per heavy atom. The van der Waals surface area contributed by atoms with Crippen molar-refractivity contribution < 1.29 is 19.0 Å². The van der Waals surface area contributed by atoms with Crippen LogP contribution in [0.25, 0.3) is 0 Å². The maximum Gasteiger partial charge on any atom is 0.117 e. The summed E-state index contributed by atoms with van der Waals surface area (Å²) in [7, 11) is 0. The highest BCUT2D eigenvalue weighted by Crippen LogP contribution is 2.37. The summed E-state index contributed by atoms with van der Waals surface area (Å²) in [5, 5.41) is 9.55. The van der Waals surface area contributed by atoms with Crippen LogP contribution >= 0.6 is 0 Å². The standard InChI is InChI=1S/C22H29NO4/c24-20-5-3-18(4-6-20)15-23(17-21-2-1-10-26-21)16-19-7-11-27-22(14-19)8-12-25-13-9-22/h1-6,10,19,24H,7-9,11-17H2. The fourth-order valence-electron chi connectivity index (χ4n) is 4.41. The van der Waals surface area contributed by atoms with Gasteiger partial charge < -0.3 is 19.0 Å². The number of nitrogens with zero attached hydrogens (tertiary/aromatic N) is 1. The minimum atomic E-state index is 0.0239. The van der Waals surface area contributed by atoms with E-state index in [9.17, 15) is 5.11 Å². The molecule has 2 fully saturated rings. The third-order valence-corrected chi connectivity index (χ3v) is 5.82. The van der Waals surface area contributed by atoms with E-state index in [2.05, 4.69) is 4.90 Å². The number of ether oxygens (including phenoxy) is 2. The number of hydrogen-bond donors (Lipinski definition) is 1. The molecule has 2 aliphatic rings. The minimum Gasteiger partial charge on any atom is -0.508 e. The Balaban J connectivity index is 1.43. The van der Waals surface area contributed by atoms with Gasteiger partial charge in [0.2, 0.25) is 0 Å². The number of aromatic hydroxyl groups is 1. The van der Waals surface area contributed by atoms with E-state index in [1.165, 1.54) is 5.56 Å². The molecule has 2 aliphatic heterocycles. The minimum absolute atomic E-state index is 0.0239. The van der Waals surface area contributed by atoms with Crippen molar-refractivity contribution in [1.82, 2.24) is 4.90 Å². The Morgan fingerprint density at radius 1 is 1.04 bits per heavy atom. The summed E-state index contributed by atoms with van der Waals surface area (Å²) in [5.41, 5.74) is 1.22. The van der Waals surface area contributed by atoms with Crippen LogP contribution in [0.4, 0.5) is 0 Å². The van der Waals surface area contributed by atoms with Crippen molar-refractivity contribution >= 4 is 0 Å². The molecule has 2 saturated heterocycles. The van der Waals surface area contributed by atoms with Crippen LogP contribution in [0.2, 0.25) is 0 Å². The second-order valence-electron chi connectivity index (χ2n) is 7.92. The lowest BCUT2D eigenvalue weighted by Crippen LogP contribution is -2.46. The molecule has 0 aliphatic carbocycles. The largest absolute Gasteiger partial charge is 0.508 e. The molecule has 5 heteroatoms. The third kappa shape index (κ3) is 4.92. The van der Waals surface area contributed by atoms with Crippen molar-refractivity contribution in [3.8, 4) is 5.75 Å². The molecule has 1 N–H and O–H groups in total. The van der Waals surface area contributed by atoms with E-state index < -0.39 is 0 Å². The first-order valence-electron chi connectivity index (χ1n) is 9.95. The highest BCUT2D eigenvalue weighted by Gasteiger charge is 2.39. The van der Waals surface area contributed by atoms with Crippen molar-refractivity contribution in [3.63, 3.8) is 0 Å². The molecule has 1 atom stereocenters. The van der Waals surface area contributed by atoms with Crippen LogP contribution in [0.1, 0.15) is 37.0 Å². The molecule has 146 valence electrons. The van der Waals surface area contributed by atoms with E-state index in [1.54, 1.807) is 18.4 Å². The predicted octanol–water partition coefficient (Wildman–Crippen LogP) is 3.96. The van der Waals surface area contributed by atoms with Gasteiger partial charge >= 0.3 is 0 Å². The van der Waals surface area contributed by atoms with Gasteiger partial charge in [0, 0.05) is 32.9 Å². The summed E-state index contributed by atoms with van der Waals surface area (Å²) in [4.78, 5) is 2.45. The van der Waals surface area contributed by atoms with Crippen LogP contribution in [0, 0.1) is 5.92 Å². The number of hydrogen-bond acceptors (Lipinski definition) is 5. The first-order chi connectivity index (χ1) is 13.2. The van der Waals surface area contributed by atoms with Crippen molar-refractivity contribution in [2.75, 3.05) is 26.4 Å². The maximum absolute atomic E-state index is 9.55. The summed E-state index contributed by atoms with van der Waals surface area (Å²) >= 11 is 0. The summed E-state index contributed by atoms with van der Waals surface area (Å²) in [6, 6.07) is 11.5. The number of phenols is 1. The molecule has 1 unspecified atom stereocenters. The average Bonchev–Trinajstić information content (AvgIpc) is 3.17. The molecule has 0 bridgehead atoms. The quantitative estimate of drug-likeness (QED) is 0.833. The van der Waals surface area contributed by atoms with E-state index in [1.807, 2.05) is 24.3 Å². The molecule has 1 aromatic heterocycles. The van der Waals surface area contributed by atoms with E-state index in [0.717, 1.165) is 70.9 Å². The zero-order chi connectivity index (χ0) is 18.5.